The number of hydrogen-bond acceptors (Lipinski definition) is 2. The van der Waals surface area contributed by atoms with Crippen LogP contribution in [0.4, 0.5) is 0 Å². The van der Waals surface area contributed by atoms with E-state index in [-0.39, 0.29) is 12.6 Å². The Morgan fingerprint density at radius 3 is 2.47 bits per heavy atom. The quantitative estimate of drug-likeness (QED) is 0.750. The lowest BCUT2D eigenvalue weighted by Crippen LogP contribution is -2.28. The Kier molecular flexibility index (Phi) is 5.37. The molecule has 0 saturated heterocycles. The zero-order valence-electron chi connectivity index (χ0n) is 9.61. The molecule has 0 amide bonds. The Bertz CT molecular complexity index is 260. The Morgan fingerprint density at radius 1 is 1.27 bits per heavy atom. The van der Waals surface area contributed by atoms with Gasteiger partial charge in [0.05, 0.1) is 12.6 Å². The second-order valence-corrected chi connectivity index (χ2v) is 4.07. The van der Waals surface area contributed by atoms with E-state index in [1.54, 1.807) is 0 Å². The first-order chi connectivity index (χ1) is 7.27. The van der Waals surface area contributed by atoms with E-state index in [0.717, 1.165) is 12.1 Å². The van der Waals surface area contributed by atoms with Crippen LogP contribution in [0.25, 0.3) is 0 Å². The third kappa shape index (κ3) is 4.02. The Morgan fingerprint density at radius 2 is 1.93 bits per heavy atom. The SMILES string of the molecule is CC[C@H](C)CN[C@@H](CO)c1ccccc1. The summed E-state index contributed by atoms with van der Waals surface area (Å²) in [7, 11) is 0. The highest BCUT2D eigenvalue weighted by Gasteiger charge is 2.09. The summed E-state index contributed by atoms with van der Waals surface area (Å²) in [5.41, 5.74) is 1.16. The number of aliphatic hydroxyl groups excluding tert-OH is 1. The first-order valence-electron chi connectivity index (χ1n) is 5.67. The van der Waals surface area contributed by atoms with Gasteiger partial charge in [0.25, 0.3) is 0 Å². The van der Waals surface area contributed by atoms with Gasteiger partial charge in [-0.25, -0.2) is 0 Å². The standard InChI is InChI=1S/C13H21NO/c1-3-11(2)9-14-13(10-15)12-7-5-4-6-8-12/h4-8,11,13-15H,3,9-10H2,1-2H3/t11-,13-/m0/s1. The van der Waals surface area contributed by atoms with Crippen molar-refractivity contribution >= 4 is 0 Å². The molecule has 0 radical (unpaired) electrons. The lowest BCUT2D eigenvalue weighted by atomic mass is 10.1. The predicted molar refractivity (Wildman–Crippen MR) is 63.7 cm³/mol. The molecule has 0 fully saturated rings. The van der Waals surface area contributed by atoms with Gasteiger partial charge in [-0.2, -0.15) is 0 Å². The number of hydrogen-bond donors (Lipinski definition) is 2. The molecule has 0 saturated carbocycles. The molecule has 0 spiro atoms. The minimum absolute atomic E-state index is 0.0696. The van der Waals surface area contributed by atoms with Crippen LogP contribution in [0.1, 0.15) is 31.9 Å². The van der Waals surface area contributed by atoms with E-state index < -0.39 is 0 Å². The van der Waals surface area contributed by atoms with E-state index in [1.807, 2.05) is 30.3 Å². The fourth-order valence-electron chi connectivity index (χ4n) is 1.46. The third-order valence-corrected chi connectivity index (χ3v) is 2.79. The number of benzene rings is 1. The lowest BCUT2D eigenvalue weighted by molar-refractivity contribution is 0.239. The smallest absolute Gasteiger partial charge is 0.0626 e. The zero-order chi connectivity index (χ0) is 11.1. The fourth-order valence-corrected chi connectivity index (χ4v) is 1.46. The highest BCUT2D eigenvalue weighted by Crippen LogP contribution is 2.12. The van der Waals surface area contributed by atoms with Gasteiger partial charge in [-0.05, 0) is 18.0 Å². The minimum atomic E-state index is 0.0696. The fraction of sp³-hybridized carbons (Fsp3) is 0.538. The van der Waals surface area contributed by atoms with E-state index >= 15 is 0 Å². The number of aliphatic hydroxyl groups is 1. The molecule has 0 bridgehead atoms. The van der Waals surface area contributed by atoms with Crippen LogP contribution in [0.15, 0.2) is 30.3 Å². The van der Waals surface area contributed by atoms with Gasteiger partial charge < -0.3 is 10.4 Å². The van der Waals surface area contributed by atoms with Gasteiger partial charge in [-0.1, -0.05) is 50.6 Å². The summed E-state index contributed by atoms with van der Waals surface area (Å²) in [5, 5.41) is 12.7. The summed E-state index contributed by atoms with van der Waals surface area (Å²) in [6.45, 7) is 5.51. The van der Waals surface area contributed by atoms with Gasteiger partial charge >= 0.3 is 0 Å². The predicted octanol–water partition coefficient (Wildman–Crippen LogP) is 2.36. The Hall–Kier alpha value is -0.860. The van der Waals surface area contributed by atoms with E-state index in [9.17, 15) is 5.11 Å². The molecule has 0 aliphatic carbocycles. The summed E-state index contributed by atoms with van der Waals surface area (Å²) >= 11 is 0. The van der Waals surface area contributed by atoms with Crippen molar-refractivity contribution in [2.75, 3.05) is 13.2 Å². The van der Waals surface area contributed by atoms with Crippen LogP contribution in [-0.2, 0) is 0 Å². The molecule has 2 atom stereocenters. The van der Waals surface area contributed by atoms with Crippen molar-refractivity contribution in [1.29, 1.82) is 0 Å². The molecule has 15 heavy (non-hydrogen) atoms. The average Bonchev–Trinajstić information content (AvgIpc) is 2.31. The van der Waals surface area contributed by atoms with E-state index in [4.69, 9.17) is 0 Å². The monoisotopic (exact) mass is 207 g/mol. The summed E-state index contributed by atoms with van der Waals surface area (Å²) in [6.07, 6.45) is 1.17. The molecular formula is C13H21NO. The second kappa shape index (κ2) is 6.59. The molecule has 1 aromatic carbocycles. The van der Waals surface area contributed by atoms with Crippen molar-refractivity contribution in [3.8, 4) is 0 Å². The summed E-state index contributed by atoms with van der Waals surface area (Å²) < 4.78 is 0. The van der Waals surface area contributed by atoms with Crippen LogP contribution in [0.2, 0.25) is 0 Å². The zero-order valence-corrected chi connectivity index (χ0v) is 9.61. The van der Waals surface area contributed by atoms with Crippen LogP contribution in [-0.4, -0.2) is 18.3 Å². The van der Waals surface area contributed by atoms with Gasteiger partial charge in [-0.15, -0.1) is 0 Å². The largest absolute Gasteiger partial charge is 0.394 e. The normalized spacial score (nSPS) is 14.9. The van der Waals surface area contributed by atoms with Gasteiger partial charge in [0, 0.05) is 0 Å². The molecule has 1 aromatic rings. The molecule has 0 aliphatic rings. The van der Waals surface area contributed by atoms with Crippen molar-refractivity contribution in [2.45, 2.75) is 26.3 Å². The lowest BCUT2D eigenvalue weighted by Gasteiger charge is -2.19. The average molecular weight is 207 g/mol. The van der Waals surface area contributed by atoms with Crippen LogP contribution >= 0.6 is 0 Å². The molecule has 2 N–H and O–H groups in total. The highest BCUT2D eigenvalue weighted by molar-refractivity contribution is 5.18. The Balaban J connectivity index is 2.50. The maximum atomic E-state index is 9.30. The van der Waals surface area contributed by atoms with Crippen molar-refractivity contribution in [3.63, 3.8) is 0 Å². The molecule has 0 aromatic heterocycles. The summed E-state index contributed by atoms with van der Waals surface area (Å²) in [5.74, 6) is 0.655. The van der Waals surface area contributed by atoms with Gasteiger partial charge in [0.15, 0.2) is 0 Å². The highest BCUT2D eigenvalue weighted by atomic mass is 16.3. The van der Waals surface area contributed by atoms with Crippen molar-refractivity contribution in [2.24, 2.45) is 5.92 Å². The minimum Gasteiger partial charge on any atom is -0.394 e. The molecule has 0 aliphatic heterocycles. The molecule has 0 heterocycles. The van der Waals surface area contributed by atoms with Gasteiger partial charge in [0.2, 0.25) is 0 Å². The summed E-state index contributed by atoms with van der Waals surface area (Å²) in [6, 6.07) is 10.2. The maximum Gasteiger partial charge on any atom is 0.0626 e. The Labute approximate surface area is 92.3 Å². The molecule has 84 valence electrons. The number of rotatable bonds is 6. The van der Waals surface area contributed by atoms with Crippen molar-refractivity contribution < 1.29 is 5.11 Å². The van der Waals surface area contributed by atoms with Crippen molar-refractivity contribution in [3.05, 3.63) is 35.9 Å². The number of nitrogens with one attached hydrogen (secondary N) is 1. The first kappa shape index (κ1) is 12.2. The molecule has 2 heteroatoms. The topological polar surface area (TPSA) is 32.3 Å². The molecule has 0 unspecified atom stereocenters. The van der Waals surface area contributed by atoms with Crippen molar-refractivity contribution in [1.82, 2.24) is 5.32 Å². The van der Waals surface area contributed by atoms with Crippen LogP contribution < -0.4 is 5.32 Å². The van der Waals surface area contributed by atoms with E-state index in [1.165, 1.54) is 6.42 Å². The molecule has 2 nitrogen and oxygen atoms in total. The van der Waals surface area contributed by atoms with Gasteiger partial charge in [-0.3, -0.25) is 0 Å². The van der Waals surface area contributed by atoms with Crippen LogP contribution in [0.5, 0.6) is 0 Å². The van der Waals surface area contributed by atoms with Crippen LogP contribution in [0.3, 0.4) is 0 Å². The second-order valence-electron chi connectivity index (χ2n) is 4.07. The molecular weight excluding hydrogens is 186 g/mol. The summed E-state index contributed by atoms with van der Waals surface area (Å²) in [4.78, 5) is 0. The van der Waals surface area contributed by atoms with E-state index in [2.05, 4.69) is 19.2 Å². The third-order valence-electron chi connectivity index (χ3n) is 2.79. The molecule has 1 rings (SSSR count). The van der Waals surface area contributed by atoms with Crippen LogP contribution in [0, 0.1) is 5.92 Å². The van der Waals surface area contributed by atoms with Gasteiger partial charge in [0.1, 0.15) is 0 Å². The van der Waals surface area contributed by atoms with E-state index in [0.29, 0.717) is 5.92 Å². The first-order valence-corrected chi connectivity index (χ1v) is 5.67. The maximum absolute atomic E-state index is 9.30.